The van der Waals surface area contributed by atoms with Gasteiger partial charge in [0.1, 0.15) is 19.0 Å². The maximum absolute atomic E-state index is 12.6. The first-order chi connectivity index (χ1) is 15.5. The van der Waals surface area contributed by atoms with Gasteiger partial charge < -0.3 is 13.9 Å². The number of carbonyl (C=O) groups excluding carboxylic acids is 1. The molecule has 0 bridgehead atoms. The fourth-order valence-electron chi connectivity index (χ4n) is 3.14. The topological polar surface area (TPSA) is 120 Å². The molecular weight excluding hydrogens is 454 g/mol. The van der Waals surface area contributed by atoms with Crippen LogP contribution in [-0.2, 0) is 16.6 Å². The van der Waals surface area contributed by atoms with E-state index in [-0.39, 0.29) is 11.4 Å². The van der Waals surface area contributed by atoms with Gasteiger partial charge in [0, 0.05) is 17.7 Å². The van der Waals surface area contributed by atoms with Crippen molar-refractivity contribution in [3.8, 4) is 11.5 Å². The molecule has 11 heteroatoms. The Labute approximate surface area is 187 Å². The molecule has 2 aromatic carbocycles. The maximum Gasteiger partial charge on any atom is 0.257 e. The number of anilines is 1. The zero-order valence-corrected chi connectivity index (χ0v) is 18.2. The molecule has 2 N–H and O–H groups in total. The lowest BCUT2D eigenvalue weighted by Gasteiger charge is -2.17. The highest BCUT2D eigenvalue weighted by Crippen LogP contribution is 2.37. The molecule has 164 valence electrons. The highest BCUT2D eigenvalue weighted by Gasteiger charge is 2.18. The molecule has 4 aromatic rings. The minimum absolute atomic E-state index is 0.0364. The van der Waals surface area contributed by atoms with Crippen LogP contribution >= 0.6 is 11.3 Å². The van der Waals surface area contributed by atoms with Crippen LogP contribution in [-0.4, -0.2) is 32.5 Å². The lowest BCUT2D eigenvalue weighted by atomic mass is 10.2. The number of nitrogens with zero attached hydrogens (tertiary/aromatic N) is 1. The molecule has 0 unspecified atom stereocenters. The summed E-state index contributed by atoms with van der Waals surface area (Å²) in [7, 11) is -3.74. The van der Waals surface area contributed by atoms with E-state index in [0.717, 1.165) is 4.70 Å². The lowest BCUT2D eigenvalue weighted by molar-refractivity contribution is 0.102. The summed E-state index contributed by atoms with van der Waals surface area (Å²) in [5.41, 5.74) is 0.999. The molecule has 32 heavy (non-hydrogen) atoms. The average Bonchev–Trinajstić information content (AvgIpc) is 3.45. The number of hydrogen-bond donors (Lipinski definition) is 2. The van der Waals surface area contributed by atoms with Gasteiger partial charge >= 0.3 is 0 Å². The number of benzene rings is 2. The maximum atomic E-state index is 12.6. The van der Waals surface area contributed by atoms with Crippen molar-refractivity contribution in [3.05, 3.63) is 66.1 Å². The number of ether oxygens (including phenoxy) is 2. The smallest absolute Gasteiger partial charge is 0.257 e. The fourth-order valence-corrected chi connectivity index (χ4v) is 5.00. The molecule has 1 aliphatic heterocycles. The number of nitrogens with one attached hydrogen (secondary N) is 2. The number of hydrogen-bond acceptors (Lipinski definition) is 8. The van der Waals surface area contributed by atoms with Gasteiger partial charge in [-0.2, -0.15) is 0 Å². The summed E-state index contributed by atoms with van der Waals surface area (Å²) in [4.78, 5) is 17.1. The first-order valence-electron chi connectivity index (χ1n) is 9.62. The Morgan fingerprint density at radius 3 is 2.53 bits per heavy atom. The molecule has 0 aliphatic carbocycles. The van der Waals surface area contributed by atoms with Gasteiger partial charge in [-0.05, 0) is 36.4 Å². The third-order valence-corrected chi connectivity index (χ3v) is 7.07. The zero-order chi connectivity index (χ0) is 22.1. The second-order valence-electron chi connectivity index (χ2n) is 6.87. The van der Waals surface area contributed by atoms with E-state index in [1.54, 1.807) is 18.2 Å². The number of amides is 1. The third kappa shape index (κ3) is 4.17. The molecule has 5 rings (SSSR count). The van der Waals surface area contributed by atoms with E-state index in [2.05, 4.69) is 15.0 Å². The first kappa shape index (κ1) is 20.5. The SMILES string of the molecule is O=C(Nc1nc2cc3c(cc2s1)OCCO3)c1ccc(S(=O)(=O)NCc2ccco2)cc1. The van der Waals surface area contributed by atoms with Crippen molar-refractivity contribution in [2.45, 2.75) is 11.4 Å². The van der Waals surface area contributed by atoms with Crippen LogP contribution in [0.1, 0.15) is 16.1 Å². The van der Waals surface area contributed by atoms with E-state index in [4.69, 9.17) is 13.9 Å². The van der Waals surface area contributed by atoms with Crippen LogP contribution < -0.4 is 19.5 Å². The summed E-state index contributed by atoms with van der Waals surface area (Å²) >= 11 is 1.31. The lowest BCUT2D eigenvalue weighted by Crippen LogP contribution is -2.23. The minimum Gasteiger partial charge on any atom is -0.486 e. The molecule has 0 radical (unpaired) electrons. The Kier molecular flexibility index (Phi) is 5.29. The molecule has 0 spiro atoms. The van der Waals surface area contributed by atoms with Crippen molar-refractivity contribution < 1.29 is 27.1 Å². The Morgan fingerprint density at radius 2 is 1.81 bits per heavy atom. The molecule has 0 saturated heterocycles. The predicted molar refractivity (Wildman–Crippen MR) is 118 cm³/mol. The molecule has 0 atom stereocenters. The Balaban J connectivity index is 1.28. The quantitative estimate of drug-likeness (QED) is 0.442. The van der Waals surface area contributed by atoms with E-state index in [1.165, 1.54) is 41.9 Å². The Morgan fingerprint density at radius 1 is 1.06 bits per heavy atom. The van der Waals surface area contributed by atoms with Gasteiger partial charge in [0.2, 0.25) is 10.0 Å². The molecular formula is C21H17N3O6S2. The summed E-state index contributed by atoms with van der Waals surface area (Å²) in [6.07, 6.45) is 1.47. The van der Waals surface area contributed by atoms with Crippen molar-refractivity contribution in [1.82, 2.24) is 9.71 Å². The van der Waals surface area contributed by atoms with Gasteiger partial charge in [-0.25, -0.2) is 18.1 Å². The van der Waals surface area contributed by atoms with E-state index in [0.29, 0.717) is 46.7 Å². The van der Waals surface area contributed by atoms with Crippen molar-refractivity contribution in [2.24, 2.45) is 0 Å². The molecule has 3 heterocycles. The van der Waals surface area contributed by atoms with Crippen molar-refractivity contribution in [1.29, 1.82) is 0 Å². The Bertz CT molecular complexity index is 1340. The number of sulfonamides is 1. The summed E-state index contributed by atoms with van der Waals surface area (Å²) in [6.45, 7) is 1.01. The van der Waals surface area contributed by atoms with Crippen LogP contribution in [0.15, 0.2) is 64.1 Å². The zero-order valence-electron chi connectivity index (χ0n) is 16.5. The number of rotatable bonds is 6. The predicted octanol–water partition coefficient (Wildman–Crippen LogP) is 3.39. The van der Waals surface area contributed by atoms with Crippen molar-refractivity contribution in [3.63, 3.8) is 0 Å². The molecule has 1 amide bonds. The second kappa shape index (κ2) is 8.26. The number of fused-ring (bicyclic) bond motifs is 2. The van der Waals surface area contributed by atoms with Crippen LogP contribution in [0.4, 0.5) is 5.13 Å². The van der Waals surface area contributed by atoms with Gasteiger partial charge in [-0.15, -0.1) is 0 Å². The van der Waals surface area contributed by atoms with Crippen molar-refractivity contribution in [2.75, 3.05) is 18.5 Å². The van der Waals surface area contributed by atoms with Gasteiger partial charge in [0.25, 0.3) is 5.91 Å². The monoisotopic (exact) mass is 471 g/mol. The summed E-state index contributed by atoms with van der Waals surface area (Å²) < 4.78 is 44.4. The third-order valence-electron chi connectivity index (χ3n) is 4.72. The van der Waals surface area contributed by atoms with E-state index in [9.17, 15) is 13.2 Å². The van der Waals surface area contributed by atoms with Gasteiger partial charge in [-0.3, -0.25) is 10.1 Å². The highest BCUT2D eigenvalue weighted by atomic mass is 32.2. The molecule has 9 nitrogen and oxygen atoms in total. The number of thiazole rings is 1. The van der Waals surface area contributed by atoms with Crippen LogP contribution in [0.2, 0.25) is 0 Å². The first-order valence-corrected chi connectivity index (χ1v) is 11.9. The van der Waals surface area contributed by atoms with E-state index < -0.39 is 15.9 Å². The molecule has 2 aromatic heterocycles. The molecule has 0 fully saturated rings. The number of aromatic nitrogens is 1. The van der Waals surface area contributed by atoms with Crippen LogP contribution in [0.3, 0.4) is 0 Å². The normalized spacial score (nSPS) is 13.2. The van der Waals surface area contributed by atoms with Gasteiger partial charge in [-0.1, -0.05) is 11.3 Å². The van der Waals surface area contributed by atoms with Gasteiger partial charge in [0.05, 0.1) is 27.9 Å². The van der Waals surface area contributed by atoms with E-state index >= 15 is 0 Å². The summed E-state index contributed by atoms with van der Waals surface area (Å²) in [5, 5.41) is 3.17. The molecule has 0 saturated carbocycles. The number of furan rings is 1. The number of carbonyl (C=O) groups is 1. The summed E-state index contributed by atoms with van der Waals surface area (Å²) in [5.74, 6) is 1.39. The molecule has 1 aliphatic rings. The minimum atomic E-state index is -3.74. The summed E-state index contributed by atoms with van der Waals surface area (Å²) in [6, 6.07) is 12.6. The van der Waals surface area contributed by atoms with Crippen molar-refractivity contribution >= 4 is 42.6 Å². The Hall–Kier alpha value is -3.41. The van der Waals surface area contributed by atoms with Gasteiger partial charge in [0.15, 0.2) is 16.6 Å². The average molecular weight is 472 g/mol. The fraction of sp³-hybridized carbons (Fsp3) is 0.143. The second-order valence-corrected chi connectivity index (χ2v) is 9.66. The van der Waals surface area contributed by atoms with E-state index in [1.807, 2.05) is 6.07 Å². The largest absolute Gasteiger partial charge is 0.486 e. The highest BCUT2D eigenvalue weighted by molar-refractivity contribution is 7.89. The van der Waals surface area contributed by atoms with Crippen LogP contribution in [0.25, 0.3) is 10.2 Å². The van der Waals surface area contributed by atoms with Crippen LogP contribution in [0, 0.1) is 0 Å². The van der Waals surface area contributed by atoms with Crippen LogP contribution in [0.5, 0.6) is 11.5 Å². The standard InChI is InChI=1S/C21H17N3O6S2/c25-20(24-21-23-16-10-17-18(11-19(16)31-21)30-9-8-29-17)13-3-5-15(6-4-13)32(26,27)22-12-14-2-1-7-28-14/h1-7,10-11,22H,8-9,12H2,(H,23,24,25).